The minimum Gasteiger partial charge on any atom is -0.367 e. The number of piperazine rings is 1. The predicted molar refractivity (Wildman–Crippen MR) is 115 cm³/mol. The number of urea groups is 1. The van der Waals surface area contributed by atoms with Crippen molar-refractivity contribution in [2.24, 2.45) is 0 Å². The van der Waals surface area contributed by atoms with E-state index in [-0.39, 0.29) is 18.5 Å². The van der Waals surface area contributed by atoms with E-state index in [4.69, 9.17) is 11.6 Å². The molecule has 1 N–H and O–H groups in total. The standard InChI is InChI=1S/C22H23ClF3N3O3/c1-15-2-7-18(12-19(15)23)27-21(31)29-10-8-28(9-11-29)20(30)17-5-3-16(4-6-17)13-32-14-22(24,25)26/h2-7,12H,8-11,13-14H2,1H3,(H,27,31). The van der Waals surface area contributed by atoms with Gasteiger partial charge in [0, 0.05) is 42.5 Å². The Labute approximate surface area is 188 Å². The molecule has 32 heavy (non-hydrogen) atoms. The molecule has 0 bridgehead atoms. The molecule has 6 nitrogen and oxygen atoms in total. The molecule has 3 amide bonds. The Bertz CT molecular complexity index is 959. The van der Waals surface area contributed by atoms with Crippen LogP contribution >= 0.6 is 11.6 Å². The Morgan fingerprint density at radius 3 is 2.25 bits per heavy atom. The average molecular weight is 470 g/mol. The SMILES string of the molecule is Cc1ccc(NC(=O)N2CCN(C(=O)c3ccc(COCC(F)(F)F)cc3)CC2)cc1Cl. The van der Waals surface area contributed by atoms with Crippen LogP contribution in [0, 0.1) is 6.92 Å². The van der Waals surface area contributed by atoms with Crippen molar-refractivity contribution in [3.8, 4) is 0 Å². The second-order valence-corrected chi connectivity index (χ2v) is 7.89. The van der Waals surface area contributed by atoms with Gasteiger partial charge >= 0.3 is 12.2 Å². The maximum Gasteiger partial charge on any atom is 0.411 e. The van der Waals surface area contributed by atoms with Gasteiger partial charge in [-0.05, 0) is 42.3 Å². The molecule has 2 aromatic rings. The molecule has 1 saturated heterocycles. The number of ether oxygens (including phenoxy) is 1. The van der Waals surface area contributed by atoms with Gasteiger partial charge in [0.25, 0.3) is 5.91 Å². The molecule has 1 aliphatic rings. The number of nitrogens with zero attached hydrogens (tertiary/aromatic N) is 2. The summed E-state index contributed by atoms with van der Waals surface area (Å²) in [5.74, 6) is -0.196. The molecule has 1 fully saturated rings. The first-order valence-corrected chi connectivity index (χ1v) is 10.3. The lowest BCUT2D eigenvalue weighted by Crippen LogP contribution is -2.51. The molecule has 0 aromatic heterocycles. The van der Waals surface area contributed by atoms with Crippen LogP contribution in [0.2, 0.25) is 5.02 Å². The van der Waals surface area contributed by atoms with E-state index >= 15 is 0 Å². The van der Waals surface area contributed by atoms with Crippen LogP contribution in [0.3, 0.4) is 0 Å². The fourth-order valence-corrected chi connectivity index (χ4v) is 3.38. The highest BCUT2D eigenvalue weighted by Crippen LogP contribution is 2.21. The Kier molecular flexibility index (Phi) is 7.63. The third-order valence-corrected chi connectivity index (χ3v) is 5.42. The van der Waals surface area contributed by atoms with Crippen molar-refractivity contribution in [1.29, 1.82) is 0 Å². The van der Waals surface area contributed by atoms with Crippen molar-refractivity contribution in [3.63, 3.8) is 0 Å². The average Bonchev–Trinajstić information content (AvgIpc) is 2.75. The summed E-state index contributed by atoms with van der Waals surface area (Å²) >= 11 is 6.09. The van der Waals surface area contributed by atoms with Crippen LogP contribution in [-0.2, 0) is 11.3 Å². The summed E-state index contributed by atoms with van der Waals surface area (Å²) in [5.41, 5.74) is 2.49. The first-order valence-electron chi connectivity index (χ1n) is 9.97. The third kappa shape index (κ3) is 6.61. The third-order valence-electron chi connectivity index (χ3n) is 5.01. The van der Waals surface area contributed by atoms with E-state index in [1.807, 2.05) is 13.0 Å². The van der Waals surface area contributed by atoms with Crippen molar-refractivity contribution in [2.75, 3.05) is 38.1 Å². The maximum atomic E-state index is 12.7. The van der Waals surface area contributed by atoms with Crippen molar-refractivity contribution in [1.82, 2.24) is 9.80 Å². The Morgan fingerprint density at radius 2 is 1.66 bits per heavy atom. The van der Waals surface area contributed by atoms with Gasteiger partial charge in [-0.1, -0.05) is 29.8 Å². The van der Waals surface area contributed by atoms with Crippen molar-refractivity contribution in [2.45, 2.75) is 19.7 Å². The number of hydrogen-bond acceptors (Lipinski definition) is 3. The second-order valence-electron chi connectivity index (χ2n) is 7.48. The number of alkyl halides is 3. The highest BCUT2D eigenvalue weighted by Gasteiger charge is 2.27. The zero-order valence-electron chi connectivity index (χ0n) is 17.4. The molecule has 1 aliphatic heterocycles. The molecule has 0 unspecified atom stereocenters. The molecule has 0 spiro atoms. The Balaban J connectivity index is 1.48. The molecule has 2 aromatic carbocycles. The van der Waals surface area contributed by atoms with Gasteiger partial charge < -0.3 is 19.9 Å². The molecule has 0 atom stereocenters. The van der Waals surface area contributed by atoms with E-state index in [0.29, 0.717) is 48.0 Å². The lowest BCUT2D eigenvalue weighted by molar-refractivity contribution is -0.176. The minimum atomic E-state index is -4.37. The predicted octanol–water partition coefficient (Wildman–Crippen LogP) is 4.72. The van der Waals surface area contributed by atoms with Crippen LogP contribution in [0.4, 0.5) is 23.7 Å². The summed E-state index contributed by atoms with van der Waals surface area (Å²) in [7, 11) is 0. The molecule has 0 saturated carbocycles. The summed E-state index contributed by atoms with van der Waals surface area (Å²) in [6.07, 6.45) is -4.37. The van der Waals surface area contributed by atoms with Crippen molar-refractivity contribution < 1.29 is 27.5 Å². The van der Waals surface area contributed by atoms with E-state index in [2.05, 4.69) is 10.1 Å². The van der Waals surface area contributed by atoms with Gasteiger partial charge in [-0.3, -0.25) is 4.79 Å². The largest absolute Gasteiger partial charge is 0.411 e. The summed E-state index contributed by atoms with van der Waals surface area (Å²) in [6, 6.07) is 11.3. The summed E-state index contributed by atoms with van der Waals surface area (Å²) < 4.78 is 41.0. The fourth-order valence-electron chi connectivity index (χ4n) is 3.20. The van der Waals surface area contributed by atoms with Crippen molar-refractivity contribution in [3.05, 3.63) is 64.2 Å². The number of hydrogen-bond donors (Lipinski definition) is 1. The topological polar surface area (TPSA) is 61.9 Å². The van der Waals surface area contributed by atoms with Crippen LogP contribution < -0.4 is 5.32 Å². The highest BCUT2D eigenvalue weighted by atomic mass is 35.5. The van der Waals surface area contributed by atoms with Crippen LogP contribution in [0.15, 0.2) is 42.5 Å². The van der Waals surface area contributed by atoms with E-state index in [9.17, 15) is 22.8 Å². The Hall–Kier alpha value is -2.78. The molecule has 0 radical (unpaired) electrons. The van der Waals surface area contributed by atoms with E-state index in [1.54, 1.807) is 46.2 Å². The van der Waals surface area contributed by atoms with Crippen LogP contribution in [0.25, 0.3) is 0 Å². The van der Waals surface area contributed by atoms with Gasteiger partial charge in [0.05, 0.1) is 6.61 Å². The first-order chi connectivity index (χ1) is 15.1. The molecular weight excluding hydrogens is 447 g/mol. The molecule has 10 heteroatoms. The zero-order valence-corrected chi connectivity index (χ0v) is 18.2. The monoisotopic (exact) mass is 469 g/mol. The van der Waals surface area contributed by atoms with Crippen LogP contribution in [-0.4, -0.2) is 60.7 Å². The summed E-state index contributed by atoms with van der Waals surface area (Å²) in [6.45, 7) is 1.87. The maximum absolute atomic E-state index is 12.7. The number of halogens is 4. The quantitative estimate of drug-likeness (QED) is 0.689. The lowest BCUT2D eigenvalue weighted by Gasteiger charge is -2.34. The molecular formula is C22H23ClF3N3O3. The molecule has 172 valence electrons. The molecule has 1 heterocycles. The highest BCUT2D eigenvalue weighted by molar-refractivity contribution is 6.31. The number of benzene rings is 2. The van der Waals surface area contributed by atoms with Gasteiger partial charge in [0.2, 0.25) is 0 Å². The van der Waals surface area contributed by atoms with E-state index in [0.717, 1.165) is 5.56 Å². The van der Waals surface area contributed by atoms with Gasteiger partial charge in [-0.2, -0.15) is 13.2 Å². The van der Waals surface area contributed by atoms with Crippen molar-refractivity contribution >= 4 is 29.2 Å². The lowest BCUT2D eigenvalue weighted by atomic mass is 10.1. The number of aryl methyl sites for hydroxylation is 1. The Morgan fingerprint density at radius 1 is 1.03 bits per heavy atom. The first kappa shape index (κ1) is 23.9. The van der Waals surface area contributed by atoms with Gasteiger partial charge in [-0.15, -0.1) is 0 Å². The number of amides is 3. The number of rotatable bonds is 5. The molecule has 0 aliphatic carbocycles. The zero-order chi connectivity index (χ0) is 23.3. The minimum absolute atomic E-state index is 0.187. The van der Waals surface area contributed by atoms with Gasteiger partial charge in [0.15, 0.2) is 0 Å². The fraction of sp³-hybridized carbons (Fsp3) is 0.364. The summed E-state index contributed by atoms with van der Waals surface area (Å²) in [5, 5.41) is 3.37. The smallest absolute Gasteiger partial charge is 0.367 e. The number of carbonyl (C=O) groups is 2. The van der Waals surface area contributed by atoms with Gasteiger partial charge in [-0.25, -0.2) is 4.79 Å². The second kappa shape index (κ2) is 10.2. The normalized spacial score (nSPS) is 14.4. The summed E-state index contributed by atoms with van der Waals surface area (Å²) in [4.78, 5) is 28.5. The number of anilines is 1. The molecule has 3 rings (SSSR count). The van der Waals surface area contributed by atoms with Gasteiger partial charge in [0.1, 0.15) is 6.61 Å². The number of carbonyl (C=O) groups excluding carboxylic acids is 2. The van der Waals surface area contributed by atoms with E-state index < -0.39 is 12.8 Å². The van der Waals surface area contributed by atoms with Crippen LogP contribution in [0.1, 0.15) is 21.5 Å². The number of nitrogens with one attached hydrogen (secondary N) is 1. The van der Waals surface area contributed by atoms with E-state index in [1.165, 1.54) is 0 Å². The van der Waals surface area contributed by atoms with Crippen LogP contribution in [0.5, 0.6) is 0 Å².